The van der Waals surface area contributed by atoms with Crippen LogP contribution in [-0.4, -0.2) is 75.0 Å². The van der Waals surface area contributed by atoms with Crippen molar-refractivity contribution in [3.63, 3.8) is 0 Å². The van der Waals surface area contributed by atoms with Crippen molar-refractivity contribution in [3.05, 3.63) is 71.8 Å². The van der Waals surface area contributed by atoms with Crippen LogP contribution < -0.4 is 0 Å². The summed E-state index contributed by atoms with van der Waals surface area (Å²) in [5, 5.41) is 36.6. The topological polar surface area (TPSA) is 145 Å². The van der Waals surface area contributed by atoms with Crippen molar-refractivity contribution in [1.82, 2.24) is 4.90 Å². The molecule has 0 spiro atoms. The Labute approximate surface area is 234 Å². The number of ketones is 1. The minimum atomic E-state index is -2.02. The van der Waals surface area contributed by atoms with E-state index in [2.05, 4.69) is 35.2 Å². The number of benzene rings is 2. The Balaban J connectivity index is 0.000000318. The van der Waals surface area contributed by atoms with E-state index >= 15 is 0 Å². The molecule has 0 aromatic heterocycles. The molecule has 3 aliphatic rings. The zero-order valence-corrected chi connectivity index (χ0v) is 22.8. The molecule has 216 valence electrons. The molecule has 1 saturated heterocycles. The quantitative estimate of drug-likeness (QED) is 0.326. The lowest BCUT2D eigenvalue weighted by atomic mass is 9.80. The van der Waals surface area contributed by atoms with Crippen LogP contribution in [0.15, 0.2) is 60.7 Å². The van der Waals surface area contributed by atoms with Crippen LogP contribution in [0.5, 0.6) is 0 Å². The van der Waals surface area contributed by atoms with Gasteiger partial charge in [-0.1, -0.05) is 73.5 Å². The number of hydrogen-bond acceptors (Lipinski definition) is 8. The number of carboxylic acids is 1. The van der Waals surface area contributed by atoms with Gasteiger partial charge in [-0.3, -0.25) is 9.69 Å². The number of aliphatic hydroxyl groups is 3. The van der Waals surface area contributed by atoms with Crippen LogP contribution in [0.4, 0.5) is 0 Å². The SMILES string of the molecule is CC(=O)[C@H](O)[C@@H](O)C(=O)O.O=C(OCC1C2CN(Cc3ccccc3)CC12)C(O)(c1ccccc1)C1CCCC1. The third kappa shape index (κ3) is 6.78. The first kappa shape index (κ1) is 29.9. The monoisotopic (exact) mass is 553 g/mol. The van der Waals surface area contributed by atoms with Crippen molar-refractivity contribution >= 4 is 17.7 Å². The lowest BCUT2D eigenvalue weighted by Crippen LogP contribution is -2.43. The highest BCUT2D eigenvalue weighted by atomic mass is 16.6. The van der Waals surface area contributed by atoms with Crippen LogP contribution >= 0.6 is 0 Å². The molecule has 2 aromatic rings. The molecule has 2 aromatic carbocycles. The fourth-order valence-electron chi connectivity index (χ4n) is 6.15. The van der Waals surface area contributed by atoms with Crippen molar-refractivity contribution in [1.29, 1.82) is 0 Å². The Bertz CT molecular complexity index is 1120. The molecule has 1 heterocycles. The number of nitrogens with zero attached hydrogens (tertiary/aromatic N) is 1. The summed E-state index contributed by atoms with van der Waals surface area (Å²) in [6, 6.07) is 20.0. The maximum atomic E-state index is 13.1. The Morgan fingerprint density at radius 1 is 0.925 bits per heavy atom. The van der Waals surface area contributed by atoms with Crippen LogP contribution in [0.2, 0.25) is 0 Å². The lowest BCUT2D eigenvalue weighted by Gasteiger charge is -2.32. The van der Waals surface area contributed by atoms with Crippen LogP contribution in [0.3, 0.4) is 0 Å². The van der Waals surface area contributed by atoms with Crippen molar-refractivity contribution in [2.75, 3.05) is 19.7 Å². The zero-order chi connectivity index (χ0) is 28.9. The first-order chi connectivity index (χ1) is 19.1. The van der Waals surface area contributed by atoms with E-state index in [0.717, 1.165) is 52.2 Å². The Kier molecular flexibility index (Phi) is 9.73. The lowest BCUT2D eigenvalue weighted by molar-refractivity contribution is -0.174. The molecule has 0 amide bonds. The van der Waals surface area contributed by atoms with Gasteiger partial charge in [0.05, 0.1) is 6.61 Å². The number of piperidine rings is 1. The number of fused-ring (bicyclic) bond motifs is 1. The fraction of sp³-hybridized carbons (Fsp3) is 0.516. The molecule has 3 unspecified atom stereocenters. The molecule has 0 radical (unpaired) electrons. The third-order valence-corrected chi connectivity index (χ3v) is 8.54. The molecule has 2 saturated carbocycles. The summed E-state index contributed by atoms with van der Waals surface area (Å²) in [5.74, 6) is -1.18. The molecule has 4 N–H and O–H groups in total. The standard InChI is InChI=1S/C26H31NO3.C5H8O5/c28-25(26(29,21-13-7-8-14-21)20-11-5-2-6-12-20)30-18-24-22-16-27(17-23(22)24)15-19-9-3-1-4-10-19;1-2(6)3(7)4(8)5(9)10/h1-6,9-12,21-24,29H,7-8,13-18H2;3-4,7-8H,1H3,(H,9,10)/t;3-,4+/m.0/s1. The second-order valence-electron chi connectivity index (χ2n) is 11.2. The number of carbonyl (C=O) groups is 3. The largest absolute Gasteiger partial charge is 0.479 e. The smallest absolute Gasteiger partial charge is 0.343 e. The number of likely N-dealkylation sites (tertiary alicyclic amines) is 1. The molecule has 0 bridgehead atoms. The van der Waals surface area contributed by atoms with Gasteiger partial charge in [0.25, 0.3) is 0 Å². The van der Waals surface area contributed by atoms with Gasteiger partial charge in [0, 0.05) is 31.5 Å². The van der Waals surface area contributed by atoms with Crippen LogP contribution in [-0.2, 0) is 31.3 Å². The summed E-state index contributed by atoms with van der Waals surface area (Å²) in [6.07, 6.45) is 0.0524. The highest BCUT2D eigenvalue weighted by Crippen LogP contribution is 2.52. The van der Waals surface area contributed by atoms with Gasteiger partial charge in [0.15, 0.2) is 17.5 Å². The van der Waals surface area contributed by atoms with Crippen molar-refractivity contribution < 1.29 is 39.5 Å². The van der Waals surface area contributed by atoms with Crippen molar-refractivity contribution in [2.45, 2.75) is 57.0 Å². The number of carboxylic acid groups (broad SMARTS) is 1. The summed E-state index contributed by atoms with van der Waals surface area (Å²) in [5.41, 5.74) is 0.513. The van der Waals surface area contributed by atoms with Gasteiger partial charge in [-0.05, 0) is 42.7 Å². The number of Topliss-reactive ketones (excluding diaryl/α,β-unsaturated/α-hetero) is 1. The number of aliphatic carboxylic acids is 1. The van der Waals surface area contributed by atoms with E-state index in [4.69, 9.17) is 20.1 Å². The van der Waals surface area contributed by atoms with Gasteiger partial charge in [-0.25, -0.2) is 9.59 Å². The fourth-order valence-corrected chi connectivity index (χ4v) is 6.15. The number of hydrogen-bond donors (Lipinski definition) is 4. The van der Waals surface area contributed by atoms with Crippen molar-refractivity contribution in [3.8, 4) is 0 Å². The van der Waals surface area contributed by atoms with Gasteiger partial charge < -0.3 is 25.2 Å². The summed E-state index contributed by atoms with van der Waals surface area (Å²) in [6.45, 7) is 4.59. The predicted molar refractivity (Wildman–Crippen MR) is 146 cm³/mol. The number of aliphatic hydroxyl groups excluding tert-OH is 2. The average molecular weight is 554 g/mol. The molecule has 3 fully saturated rings. The molecule has 9 heteroatoms. The molecule has 5 atom stereocenters. The van der Waals surface area contributed by atoms with Gasteiger partial charge >= 0.3 is 11.9 Å². The number of rotatable bonds is 10. The molecular weight excluding hydrogens is 514 g/mol. The van der Waals surface area contributed by atoms with E-state index in [-0.39, 0.29) is 5.92 Å². The third-order valence-electron chi connectivity index (χ3n) is 8.54. The van der Waals surface area contributed by atoms with Crippen LogP contribution in [0.25, 0.3) is 0 Å². The second-order valence-corrected chi connectivity index (χ2v) is 11.2. The van der Waals surface area contributed by atoms with Crippen molar-refractivity contribution in [2.24, 2.45) is 23.7 Å². The van der Waals surface area contributed by atoms with Crippen LogP contribution in [0, 0.1) is 23.7 Å². The van der Waals surface area contributed by atoms with Gasteiger partial charge in [0.1, 0.15) is 6.10 Å². The maximum Gasteiger partial charge on any atom is 0.343 e. The van der Waals surface area contributed by atoms with E-state index in [1.807, 2.05) is 30.3 Å². The number of ether oxygens (including phenoxy) is 1. The predicted octanol–water partition coefficient (Wildman–Crippen LogP) is 2.37. The number of esters is 1. The summed E-state index contributed by atoms with van der Waals surface area (Å²) in [7, 11) is 0. The number of carbonyl (C=O) groups excluding carboxylic acids is 2. The van der Waals surface area contributed by atoms with E-state index < -0.39 is 35.5 Å². The van der Waals surface area contributed by atoms with Gasteiger partial charge in [-0.2, -0.15) is 0 Å². The minimum Gasteiger partial charge on any atom is -0.479 e. The Hall–Kier alpha value is -3.11. The molecule has 40 heavy (non-hydrogen) atoms. The van der Waals surface area contributed by atoms with E-state index in [1.54, 1.807) is 0 Å². The van der Waals surface area contributed by atoms with Crippen LogP contribution in [0.1, 0.15) is 43.7 Å². The summed E-state index contributed by atoms with van der Waals surface area (Å²) < 4.78 is 5.78. The summed E-state index contributed by atoms with van der Waals surface area (Å²) >= 11 is 0. The zero-order valence-electron chi connectivity index (χ0n) is 22.8. The second kappa shape index (κ2) is 13.0. The van der Waals surface area contributed by atoms with Gasteiger partial charge in [-0.15, -0.1) is 0 Å². The molecule has 2 aliphatic carbocycles. The Morgan fingerprint density at radius 3 is 1.98 bits per heavy atom. The maximum absolute atomic E-state index is 13.1. The first-order valence-electron chi connectivity index (χ1n) is 13.9. The normalized spacial score (nSPS) is 25.1. The Morgan fingerprint density at radius 2 is 1.48 bits per heavy atom. The van der Waals surface area contributed by atoms with E-state index in [9.17, 15) is 19.5 Å². The highest BCUT2D eigenvalue weighted by Gasteiger charge is 2.56. The first-order valence-corrected chi connectivity index (χ1v) is 13.9. The van der Waals surface area contributed by atoms with E-state index in [1.165, 1.54) is 5.56 Å². The molecule has 1 aliphatic heterocycles. The highest BCUT2D eigenvalue weighted by molar-refractivity contribution is 5.87. The average Bonchev–Trinajstić information content (AvgIpc) is 3.32. The molecular formula is C31H39NO8. The molecule has 5 rings (SSSR count). The van der Waals surface area contributed by atoms with E-state index in [0.29, 0.717) is 29.9 Å². The molecule has 9 nitrogen and oxygen atoms in total. The summed E-state index contributed by atoms with van der Waals surface area (Å²) in [4.78, 5) is 35.7. The minimum absolute atomic E-state index is 0.0486. The van der Waals surface area contributed by atoms with Gasteiger partial charge in [0.2, 0.25) is 0 Å².